The number of carbonyl (C=O) groups is 2. The fourth-order valence-corrected chi connectivity index (χ4v) is 1.79. The summed E-state index contributed by atoms with van der Waals surface area (Å²) in [5.41, 5.74) is 8.76. The maximum Gasteiger partial charge on any atom is 0.335 e. The lowest BCUT2D eigenvalue weighted by atomic mass is 10.1. The van der Waals surface area contributed by atoms with E-state index < -0.39 is 12.0 Å². The van der Waals surface area contributed by atoms with Gasteiger partial charge < -0.3 is 15.6 Å². The number of nitrogens with zero attached hydrogens (tertiary/aromatic N) is 1. The summed E-state index contributed by atoms with van der Waals surface area (Å²) in [6.45, 7) is 0.272. The van der Waals surface area contributed by atoms with Crippen molar-refractivity contribution in [2.75, 3.05) is 0 Å². The Morgan fingerprint density at radius 3 is 2.52 bits per heavy atom. The molecule has 4 N–H and O–H groups in total. The molecule has 0 aromatic heterocycles. The monoisotopic (exact) mass is 313 g/mol. The zero-order valence-corrected chi connectivity index (χ0v) is 12.1. The van der Waals surface area contributed by atoms with Crippen LogP contribution in [0.1, 0.15) is 21.5 Å². The molecular weight excluding hydrogens is 298 g/mol. The number of carbonyl (C=O) groups excluding carboxylic acids is 1. The molecule has 23 heavy (non-hydrogen) atoms. The predicted molar refractivity (Wildman–Crippen MR) is 84.5 cm³/mol. The quantitative estimate of drug-likeness (QED) is 0.558. The zero-order chi connectivity index (χ0) is 16.7. The van der Waals surface area contributed by atoms with Crippen LogP contribution >= 0.6 is 0 Å². The van der Waals surface area contributed by atoms with Crippen molar-refractivity contribution in [2.24, 2.45) is 10.8 Å². The Labute approximate surface area is 132 Å². The molecule has 0 saturated carbocycles. The van der Waals surface area contributed by atoms with Gasteiger partial charge in [0.2, 0.25) is 0 Å². The van der Waals surface area contributed by atoms with Gasteiger partial charge in [0.05, 0.1) is 11.8 Å². The van der Waals surface area contributed by atoms with Crippen LogP contribution in [0.3, 0.4) is 0 Å². The van der Waals surface area contributed by atoms with Crippen LogP contribution in [0.2, 0.25) is 0 Å². The van der Waals surface area contributed by atoms with Crippen molar-refractivity contribution in [2.45, 2.75) is 6.61 Å². The molecule has 0 aliphatic heterocycles. The van der Waals surface area contributed by atoms with Gasteiger partial charge in [-0.25, -0.2) is 15.0 Å². The number of primary amides is 1. The first-order valence-electron chi connectivity index (χ1n) is 6.69. The molecule has 0 saturated heterocycles. The number of ether oxygens (including phenoxy) is 1. The van der Waals surface area contributed by atoms with E-state index in [0.29, 0.717) is 11.3 Å². The second kappa shape index (κ2) is 7.60. The number of amides is 2. The van der Waals surface area contributed by atoms with Crippen LogP contribution in [0.4, 0.5) is 4.79 Å². The van der Waals surface area contributed by atoms with Crippen molar-refractivity contribution < 1.29 is 19.4 Å². The molecule has 118 valence electrons. The number of hydrogen-bond acceptors (Lipinski definition) is 4. The van der Waals surface area contributed by atoms with E-state index in [4.69, 9.17) is 15.6 Å². The Hall–Kier alpha value is -3.35. The average Bonchev–Trinajstić information content (AvgIpc) is 2.54. The van der Waals surface area contributed by atoms with Crippen LogP contribution in [0.25, 0.3) is 0 Å². The summed E-state index contributed by atoms with van der Waals surface area (Å²) in [6.07, 6.45) is 1.42. The van der Waals surface area contributed by atoms with Crippen molar-refractivity contribution in [3.8, 4) is 5.75 Å². The van der Waals surface area contributed by atoms with Gasteiger partial charge >= 0.3 is 12.0 Å². The van der Waals surface area contributed by atoms with Crippen molar-refractivity contribution in [3.05, 3.63) is 65.2 Å². The number of carboxylic acid groups (broad SMARTS) is 1. The van der Waals surface area contributed by atoms with E-state index in [0.717, 1.165) is 5.56 Å². The summed E-state index contributed by atoms with van der Waals surface area (Å²) in [6, 6.07) is 12.8. The van der Waals surface area contributed by atoms with Gasteiger partial charge in [-0.15, -0.1) is 0 Å². The van der Waals surface area contributed by atoms with Crippen LogP contribution in [0.5, 0.6) is 5.75 Å². The Morgan fingerprint density at radius 2 is 1.87 bits per heavy atom. The van der Waals surface area contributed by atoms with Gasteiger partial charge in [-0.3, -0.25) is 0 Å². The summed E-state index contributed by atoms with van der Waals surface area (Å²) in [5, 5.41) is 12.5. The molecule has 2 aromatic carbocycles. The van der Waals surface area contributed by atoms with Crippen LogP contribution in [-0.4, -0.2) is 23.3 Å². The fourth-order valence-electron chi connectivity index (χ4n) is 1.79. The third kappa shape index (κ3) is 4.85. The predicted octanol–water partition coefficient (Wildman–Crippen LogP) is 1.97. The highest BCUT2D eigenvalue weighted by Gasteiger charge is 2.04. The molecule has 2 amide bonds. The third-order valence-electron chi connectivity index (χ3n) is 2.89. The first kappa shape index (κ1) is 16.0. The standard InChI is InChI=1S/C16H15N3O4/c17-16(22)19-18-9-13-3-1-2-4-14(13)23-10-11-5-7-12(8-6-11)15(20)21/h1-9H,10H2,(H,20,21)(H3,17,19,22)/b18-9-. The van der Waals surface area contributed by atoms with Crippen LogP contribution in [-0.2, 0) is 6.61 Å². The van der Waals surface area contributed by atoms with E-state index in [-0.39, 0.29) is 12.2 Å². The summed E-state index contributed by atoms with van der Waals surface area (Å²) in [4.78, 5) is 21.4. The minimum Gasteiger partial charge on any atom is -0.488 e. The molecule has 0 radical (unpaired) electrons. The zero-order valence-electron chi connectivity index (χ0n) is 12.1. The molecule has 0 aliphatic carbocycles. The summed E-state index contributed by atoms with van der Waals surface area (Å²) in [5.74, 6) is -0.397. The van der Waals surface area contributed by atoms with E-state index in [1.54, 1.807) is 30.3 Å². The second-order valence-corrected chi connectivity index (χ2v) is 4.56. The molecule has 0 fully saturated rings. The van der Waals surface area contributed by atoms with Crippen LogP contribution in [0, 0.1) is 0 Å². The van der Waals surface area contributed by atoms with Crippen LogP contribution in [0.15, 0.2) is 53.6 Å². The molecule has 0 spiro atoms. The average molecular weight is 313 g/mol. The number of aromatic carboxylic acids is 1. The lowest BCUT2D eigenvalue weighted by Crippen LogP contribution is -2.24. The Balaban J connectivity index is 2.04. The molecule has 2 aromatic rings. The fraction of sp³-hybridized carbons (Fsp3) is 0.0625. The number of urea groups is 1. The third-order valence-corrected chi connectivity index (χ3v) is 2.89. The number of hydrazone groups is 1. The topological polar surface area (TPSA) is 114 Å². The Bertz CT molecular complexity index is 726. The Kier molecular flexibility index (Phi) is 5.30. The van der Waals surface area contributed by atoms with Gasteiger partial charge in [0, 0.05) is 5.56 Å². The number of rotatable bonds is 6. The summed E-state index contributed by atoms with van der Waals surface area (Å²) in [7, 11) is 0. The lowest BCUT2D eigenvalue weighted by Gasteiger charge is -2.09. The van der Waals surface area contributed by atoms with E-state index in [1.807, 2.05) is 6.07 Å². The highest BCUT2D eigenvalue weighted by atomic mass is 16.5. The number of benzene rings is 2. The van der Waals surface area contributed by atoms with Gasteiger partial charge in [0.15, 0.2) is 0 Å². The summed E-state index contributed by atoms with van der Waals surface area (Å²) >= 11 is 0. The van der Waals surface area contributed by atoms with Gasteiger partial charge in [-0.05, 0) is 29.8 Å². The number of nitrogens with two attached hydrogens (primary N) is 1. The molecule has 7 nitrogen and oxygen atoms in total. The number of hydrogen-bond donors (Lipinski definition) is 3. The number of carboxylic acids is 1. The van der Waals surface area contributed by atoms with Gasteiger partial charge in [-0.2, -0.15) is 5.10 Å². The van der Waals surface area contributed by atoms with Crippen molar-refractivity contribution in [3.63, 3.8) is 0 Å². The number of para-hydroxylation sites is 1. The van der Waals surface area contributed by atoms with E-state index in [2.05, 4.69) is 10.5 Å². The smallest absolute Gasteiger partial charge is 0.335 e. The van der Waals surface area contributed by atoms with Crippen molar-refractivity contribution >= 4 is 18.2 Å². The van der Waals surface area contributed by atoms with Crippen molar-refractivity contribution in [1.82, 2.24) is 5.43 Å². The first-order valence-corrected chi connectivity index (χ1v) is 6.69. The minimum absolute atomic E-state index is 0.221. The SMILES string of the molecule is NC(=O)N/N=C\c1ccccc1OCc1ccc(C(=O)O)cc1. The largest absolute Gasteiger partial charge is 0.488 e. The molecule has 0 heterocycles. The van der Waals surface area contributed by atoms with Gasteiger partial charge in [-0.1, -0.05) is 24.3 Å². The molecule has 0 bridgehead atoms. The normalized spacial score (nSPS) is 10.4. The van der Waals surface area contributed by atoms with E-state index in [1.165, 1.54) is 18.3 Å². The maximum absolute atomic E-state index is 10.8. The summed E-state index contributed by atoms with van der Waals surface area (Å²) < 4.78 is 5.70. The molecule has 0 aliphatic rings. The van der Waals surface area contributed by atoms with E-state index in [9.17, 15) is 9.59 Å². The van der Waals surface area contributed by atoms with Crippen molar-refractivity contribution in [1.29, 1.82) is 0 Å². The molecule has 0 atom stereocenters. The second-order valence-electron chi connectivity index (χ2n) is 4.56. The highest BCUT2D eigenvalue weighted by molar-refractivity contribution is 5.87. The minimum atomic E-state index is -0.971. The van der Waals surface area contributed by atoms with E-state index >= 15 is 0 Å². The first-order chi connectivity index (χ1) is 11.1. The molecule has 0 unspecified atom stereocenters. The van der Waals surface area contributed by atoms with Gasteiger partial charge in [0.1, 0.15) is 12.4 Å². The molecule has 2 rings (SSSR count). The van der Waals surface area contributed by atoms with Gasteiger partial charge in [0.25, 0.3) is 0 Å². The molecule has 7 heteroatoms. The van der Waals surface area contributed by atoms with Crippen LogP contribution < -0.4 is 15.9 Å². The molecular formula is C16H15N3O4. The highest BCUT2D eigenvalue weighted by Crippen LogP contribution is 2.17. The maximum atomic E-state index is 10.8. The Morgan fingerprint density at radius 1 is 1.17 bits per heavy atom. The lowest BCUT2D eigenvalue weighted by molar-refractivity contribution is 0.0697. The number of nitrogens with one attached hydrogen (secondary N) is 1.